The van der Waals surface area contributed by atoms with Gasteiger partial charge in [-0.15, -0.1) is 10.2 Å². The largest absolute Gasteiger partial charge is 0.419 e. The molecule has 1 atom stereocenters. The van der Waals surface area contributed by atoms with Gasteiger partial charge in [-0.1, -0.05) is 59.9 Å². The van der Waals surface area contributed by atoms with Crippen LogP contribution < -0.4 is 0 Å². The highest BCUT2D eigenvalue weighted by atomic mass is 32.2. The first-order chi connectivity index (χ1) is 11.8. The molecule has 120 valence electrons. The zero-order chi connectivity index (χ0) is 16.4. The maximum atomic E-state index is 5.84. The first kappa shape index (κ1) is 15.5. The second kappa shape index (κ2) is 6.83. The molecule has 4 rings (SSSR count). The molecule has 24 heavy (non-hydrogen) atoms. The second-order valence-electron chi connectivity index (χ2n) is 5.37. The van der Waals surface area contributed by atoms with E-state index < -0.39 is 0 Å². The summed E-state index contributed by atoms with van der Waals surface area (Å²) in [5.74, 6) is 2.14. The van der Waals surface area contributed by atoms with E-state index >= 15 is 0 Å². The van der Waals surface area contributed by atoms with E-state index in [2.05, 4.69) is 35.3 Å². The van der Waals surface area contributed by atoms with E-state index in [1.54, 1.807) is 23.5 Å². The summed E-state index contributed by atoms with van der Waals surface area (Å²) in [6, 6.07) is 18.1. The summed E-state index contributed by atoms with van der Waals surface area (Å²) >= 11 is 3.42. The predicted molar refractivity (Wildman–Crippen MR) is 101 cm³/mol. The highest BCUT2D eigenvalue weighted by molar-refractivity contribution is 8.38. The summed E-state index contributed by atoms with van der Waals surface area (Å²) in [7, 11) is 0. The minimum absolute atomic E-state index is 0.0616. The van der Waals surface area contributed by atoms with Crippen LogP contribution in [0.3, 0.4) is 0 Å². The third kappa shape index (κ3) is 3.25. The van der Waals surface area contributed by atoms with Gasteiger partial charge in [-0.2, -0.15) is 0 Å². The number of hydrogen-bond donors (Lipinski definition) is 0. The van der Waals surface area contributed by atoms with Gasteiger partial charge in [0.05, 0.1) is 10.9 Å². The number of fused-ring (bicyclic) bond motifs is 1. The topological polar surface area (TPSA) is 51.3 Å². The van der Waals surface area contributed by atoms with Crippen LogP contribution in [-0.2, 0) is 5.75 Å². The lowest BCUT2D eigenvalue weighted by atomic mass is 10.2. The van der Waals surface area contributed by atoms with E-state index in [4.69, 9.17) is 9.41 Å². The summed E-state index contributed by atoms with van der Waals surface area (Å²) < 4.78 is 6.88. The second-order valence-corrected chi connectivity index (χ2v) is 7.92. The molecule has 0 unspecified atom stereocenters. The summed E-state index contributed by atoms with van der Waals surface area (Å²) in [5, 5.41) is 8.42. The number of aliphatic imine (C=N–C) groups is 1. The standard InChI is InChI=1S/C18H15N3OS2/c1-12(16-20-21-17(22-16)13-7-3-2-4-8-13)24-18-19-15-10-6-5-9-14(15)11-23-18/h2-10,12H,11H2,1H3/t12-/m1/s1. The Balaban J connectivity index is 1.50. The van der Waals surface area contributed by atoms with Gasteiger partial charge in [-0.3, -0.25) is 0 Å². The molecule has 0 bridgehead atoms. The fraction of sp³-hybridized carbons (Fsp3) is 0.167. The number of hydrogen-bond acceptors (Lipinski definition) is 6. The normalized spacial score (nSPS) is 14.8. The van der Waals surface area contributed by atoms with E-state index in [9.17, 15) is 0 Å². The number of thioether (sulfide) groups is 2. The Bertz CT molecular complexity index is 877. The molecule has 0 saturated heterocycles. The number of para-hydroxylation sites is 1. The molecule has 1 aliphatic heterocycles. The number of rotatable bonds is 3. The van der Waals surface area contributed by atoms with Crippen molar-refractivity contribution in [3.8, 4) is 11.5 Å². The van der Waals surface area contributed by atoms with Crippen molar-refractivity contribution in [1.29, 1.82) is 0 Å². The molecular weight excluding hydrogens is 338 g/mol. The van der Waals surface area contributed by atoms with Crippen LogP contribution in [0.25, 0.3) is 11.5 Å². The zero-order valence-electron chi connectivity index (χ0n) is 13.0. The molecule has 0 radical (unpaired) electrons. The van der Waals surface area contributed by atoms with Crippen molar-refractivity contribution in [2.24, 2.45) is 4.99 Å². The lowest BCUT2D eigenvalue weighted by Crippen LogP contribution is -1.99. The molecule has 0 aliphatic carbocycles. The van der Waals surface area contributed by atoms with Crippen LogP contribution in [-0.4, -0.2) is 14.6 Å². The van der Waals surface area contributed by atoms with Crippen LogP contribution in [0.1, 0.15) is 23.6 Å². The van der Waals surface area contributed by atoms with Gasteiger partial charge in [-0.05, 0) is 30.7 Å². The molecule has 0 saturated carbocycles. The van der Waals surface area contributed by atoms with Gasteiger partial charge in [0.15, 0.2) is 0 Å². The Morgan fingerprint density at radius 3 is 2.71 bits per heavy atom. The van der Waals surface area contributed by atoms with Crippen LogP contribution >= 0.6 is 23.5 Å². The van der Waals surface area contributed by atoms with Crippen molar-refractivity contribution in [3.63, 3.8) is 0 Å². The van der Waals surface area contributed by atoms with Crippen molar-refractivity contribution in [1.82, 2.24) is 10.2 Å². The predicted octanol–water partition coefficient (Wildman–Crippen LogP) is 5.47. The van der Waals surface area contributed by atoms with E-state index in [1.807, 2.05) is 36.4 Å². The molecule has 6 heteroatoms. The lowest BCUT2D eigenvalue weighted by Gasteiger charge is -2.15. The van der Waals surface area contributed by atoms with Gasteiger partial charge in [0, 0.05) is 11.3 Å². The van der Waals surface area contributed by atoms with Gasteiger partial charge in [0.2, 0.25) is 11.8 Å². The van der Waals surface area contributed by atoms with E-state index in [0.717, 1.165) is 21.4 Å². The molecule has 1 aromatic heterocycles. The fourth-order valence-corrected chi connectivity index (χ4v) is 4.59. The molecule has 0 amide bonds. The van der Waals surface area contributed by atoms with E-state index in [-0.39, 0.29) is 5.25 Å². The fourth-order valence-electron chi connectivity index (χ4n) is 2.37. The minimum Gasteiger partial charge on any atom is -0.419 e. The van der Waals surface area contributed by atoms with E-state index in [0.29, 0.717) is 11.8 Å². The highest BCUT2D eigenvalue weighted by Gasteiger charge is 2.20. The number of nitrogens with zero attached hydrogens (tertiary/aromatic N) is 3. The maximum absolute atomic E-state index is 5.84. The Morgan fingerprint density at radius 1 is 1.04 bits per heavy atom. The molecule has 4 nitrogen and oxygen atoms in total. The Labute approximate surface area is 148 Å². The smallest absolute Gasteiger partial charge is 0.247 e. The molecular formula is C18H15N3OS2. The van der Waals surface area contributed by atoms with Crippen LogP contribution in [0.15, 0.2) is 64.0 Å². The molecule has 2 heterocycles. The Hall–Kier alpha value is -2.05. The van der Waals surface area contributed by atoms with Crippen LogP contribution in [0.4, 0.5) is 5.69 Å². The van der Waals surface area contributed by atoms with Gasteiger partial charge in [0.25, 0.3) is 0 Å². The summed E-state index contributed by atoms with van der Waals surface area (Å²) in [4.78, 5) is 4.73. The number of benzene rings is 2. The van der Waals surface area contributed by atoms with Crippen LogP contribution in [0.5, 0.6) is 0 Å². The molecule has 0 N–H and O–H groups in total. The van der Waals surface area contributed by atoms with Gasteiger partial charge in [0.1, 0.15) is 4.38 Å². The SMILES string of the molecule is C[C@@H](SC1=Nc2ccccc2CS1)c1nnc(-c2ccccc2)o1. The third-order valence-corrected chi connectivity index (χ3v) is 5.93. The summed E-state index contributed by atoms with van der Waals surface area (Å²) in [6.45, 7) is 2.07. The number of aromatic nitrogens is 2. The van der Waals surface area contributed by atoms with Crippen molar-refractivity contribution in [3.05, 3.63) is 66.1 Å². The average Bonchev–Trinajstić information content (AvgIpc) is 3.13. The Kier molecular flexibility index (Phi) is 4.40. The quantitative estimate of drug-likeness (QED) is 0.625. The first-order valence-corrected chi connectivity index (χ1v) is 9.51. The Morgan fingerprint density at radius 2 is 1.83 bits per heavy atom. The van der Waals surface area contributed by atoms with Crippen molar-refractivity contribution in [2.45, 2.75) is 17.9 Å². The van der Waals surface area contributed by atoms with Gasteiger partial charge in [-0.25, -0.2) is 4.99 Å². The van der Waals surface area contributed by atoms with Crippen molar-refractivity contribution < 1.29 is 4.42 Å². The van der Waals surface area contributed by atoms with Crippen molar-refractivity contribution >= 4 is 33.6 Å². The van der Waals surface area contributed by atoms with Crippen LogP contribution in [0.2, 0.25) is 0 Å². The highest BCUT2D eigenvalue weighted by Crippen LogP contribution is 2.40. The van der Waals surface area contributed by atoms with Crippen LogP contribution in [0, 0.1) is 0 Å². The molecule has 2 aromatic carbocycles. The average molecular weight is 353 g/mol. The molecule has 0 fully saturated rings. The van der Waals surface area contributed by atoms with Gasteiger partial charge < -0.3 is 4.42 Å². The summed E-state index contributed by atoms with van der Waals surface area (Å²) in [6.07, 6.45) is 0. The maximum Gasteiger partial charge on any atom is 0.247 e. The zero-order valence-corrected chi connectivity index (χ0v) is 14.7. The van der Waals surface area contributed by atoms with Gasteiger partial charge >= 0.3 is 0 Å². The lowest BCUT2D eigenvalue weighted by molar-refractivity contribution is 0.510. The third-order valence-electron chi connectivity index (χ3n) is 3.64. The monoisotopic (exact) mass is 353 g/mol. The summed E-state index contributed by atoms with van der Waals surface area (Å²) in [5.41, 5.74) is 3.27. The molecule has 0 spiro atoms. The van der Waals surface area contributed by atoms with Crippen molar-refractivity contribution in [2.75, 3.05) is 0 Å². The molecule has 1 aliphatic rings. The molecule has 3 aromatic rings. The first-order valence-electron chi connectivity index (χ1n) is 7.64. The van der Waals surface area contributed by atoms with E-state index in [1.165, 1.54) is 5.56 Å². The minimum atomic E-state index is 0.0616.